The number of hydrogen-bond acceptors (Lipinski definition) is 5. The molecule has 0 fully saturated rings. The first-order chi connectivity index (χ1) is 19.1. The molecule has 0 aromatic heterocycles. The minimum absolute atomic E-state index is 0.336. The quantitative estimate of drug-likeness (QED) is 0.100. The highest BCUT2D eigenvalue weighted by atomic mass is 35.5. The van der Waals surface area contributed by atoms with Gasteiger partial charge in [0.15, 0.2) is 0 Å². The summed E-state index contributed by atoms with van der Waals surface area (Å²) in [6.07, 6.45) is 1.48. The average Bonchev–Trinajstić information content (AvgIpc) is 2.98. The maximum absolute atomic E-state index is 12.7. The Morgan fingerprint density at radius 1 is 0.769 bits per heavy atom. The van der Waals surface area contributed by atoms with E-state index in [1.54, 1.807) is 54.6 Å². The van der Waals surface area contributed by atoms with Gasteiger partial charge in [0.2, 0.25) is 0 Å². The van der Waals surface area contributed by atoms with E-state index in [1.165, 1.54) is 6.21 Å². The van der Waals surface area contributed by atoms with Crippen LogP contribution in [0.25, 0.3) is 10.8 Å². The van der Waals surface area contributed by atoms with E-state index >= 15 is 0 Å². The zero-order chi connectivity index (χ0) is 27.0. The van der Waals surface area contributed by atoms with E-state index in [9.17, 15) is 9.59 Å². The average molecular weight is 535 g/mol. The summed E-state index contributed by atoms with van der Waals surface area (Å²) < 4.78 is 11.5. The van der Waals surface area contributed by atoms with E-state index in [2.05, 4.69) is 10.5 Å². The number of esters is 1. The van der Waals surface area contributed by atoms with E-state index in [4.69, 9.17) is 21.1 Å². The zero-order valence-corrected chi connectivity index (χ0v) is 21.5. The molecule has 5 aromatic rings. The number of carbonyl (C=O) groups is 2. The molecule has 0 aliphatic carbocycles. The first-order valence-corrected chi connectivity index (χ1v) is 12.5. The predicted octanol–water partition coefficient (Wildman–Crippen LogP) is 7.06. The van der Waals surface area contributed by atoms with Crippen LogP contribution in [0.4, 0.5) is 0 Å². The lowest BCUT2D eigenvalue weighted by Gasteiger charge is -2.10. The van der Waals surface area contributed by atoms with E-state index in [1.807, 2.05) is 60.7 Å². The van der Waals surface area contributed by atoms with Crippen LogP contribution in [0.5, 0.6) is 11.5 Å². The number of hydrazone groups is 1. The number of nitrogens with zero attached hydrogens (tertiary/aromatic N) is 1. The Bertz CT molecular complexity index is 1630. The molecular weight excluding hydrogens is 512 g/mol. The molecule has 39 heavy (non-hydrogen) atoms. The number of carbonyl (C=O) groups excluding carboxylic acids is 2. The molecule has 5 rings (SSSR count). The Balaban J connectivity index is 1.27. The van der Waals surface area contributed by atoms with Crippen molar-refractivity contribution in [2.24, 2.45) is 5.10 Å². The van der Waals surface area contributed by atoms with E-state index in [0.717, 1.165) is 16.3 Å². The highest BCUT2D eigenvalue weighted by Crippen LogP contribution is 2.27. The van der Waals surface area contributed by atoms with Gasteiger partial charge in [-0.3, -0.25) is 4.79 Å². The highest BCUT2D eigenvalue weighted by Gasteiger charge is 2.13. The summed E-state index contributed by atoms with van der Waals surface area (Å²) in [4.78, 5) is 25.4. The molecule has 0 aliphatic rings. The van der Waals surface area contributed by atoms with Crippen LogP contribution in [0, 0.1) is 0 Å². The molecule has 0 radical (unpaired) electrons. The highest BCUT2D eigenvalue weighted by molar-refractivity contribution is 6.30. The Hall–Kier alpha value is -4.94. The van der Waals surface area contributed by atoms with Crippen molar-refractivity contribution in [2.45, 2.75) is 6.61 Å². The summed E-state index contributed by atoms with van der Waals surface area (Å²) in [5.41, 5.74) is 4.95. The van der Waals surface area contributed by atoms with Crippen LogP contribution in [0.1, 0.15) is 31.8 Å². The minimum Gasteiger partial charge on any atom is -0.489 e. The number of ether oxygens (including phenoxy) is 2. The summed E-state index contributed by atoms with van der Waals surface area (Å²) in [7, 11) is 0. The molecule has 0 aliphatic heterocycles. The third-order valence-electron chi connectivity index (χ3n) is 5.94. The number of hydrogen-bond donors (Lipinski definition) is 1. The van der Waals surface area contributed by atoms with E-state index in [0.29, 0.717) is 39.8 Å². The van der Waals surface area contributed by atoms with Crippen LogP contribution < -0.4 is 14.9 Å². The van der Waals surface area contributed by atoms with E-state index in [-0.39, 0.29) is 0 Å². The van der Waals surface area contributed by atoms with Crippen LogP contribution in [0.2, 0.25) is 5.02 Å². The first-order valence-electron chi connectivity index (χ1n) is 12.2. The van der Waals surface area contributed by atoms with Gasteiger partial charge in [-0.15, -0.1) is 0 Å². The second-order valence-electron chi connectivity index (χ2n) is 8.59. The Morgan fingerprint density at radius 2 is 1.49 bits per heavy atom. The Labute approximate surface area is 230 Å². The van der Waals surface area contributed by atoms with Crippen molar-refractivity contribution in [3.63, 3.8) is 0 Å². The van der Waals surface area contributed by atoms with Gasteiger partial charge in [0.25, 0.3) is 5.91 Å². The van der Waals surface area contributed by atoms with Crippen LogP contribution in [-0.2, 0) is 6.61 Å². The SMILES string of the molecule is O=C(N/N=C\c1c(OC(=O)c2ccccc2)ccc2ccccc12)c1ccc(OCc2ccc(Cl)cc2)cc1. The van der Waals surface area contributed by atoms with Gasteiger partial charge in [-0.2, -0.15) is 5.10 Å². The number of amides is 1. The second kappa shape index (κ2) is 12.1. The van der Waals surface area contributed by atoms with Gasteiger partial charge < -0.3 is 9.47 Å². The van der Waals surface area contributed by atoms with Gasteiger partial charge in [0.05, 0.1) is 11.8 Å². The van der Waals surface area contributed by atoms with Gasteiger partial charge in [-0.25, -0.2) is 10.2 Å². The Kier molecular flexibility index (Phi) is 7.95. The lowest BCUT2D eigenvalue weighted by atomic mass is 10.0. The maximum Gasteiger partial charge on any atom is 0.343 e. The second-order valence-corrected chi connectivity index (χ2v) is 9.03. The summed E-state index contributed by atoms with van der Waals surface area (Å²) >= 11 is 5.91. The molecule has 192 valence electrons. The lowest BCUT2D eigenvalue weighted by Crippen LogP contribution is -2.17. The van der Waals surface area contributed by atoms with Crippen molar-refractivity contribution in [1.82, 2.24) is 5.43 Å². The summed E-state index contributed by atoms with van der Waals surface area (Å²) in [6.45, 7) is 0.384. The third kappa shape index (κ3) is 6.50. The molecule has 0 saturated carbocycles. The minimum atomic E-state index is -0.483. The Morgan fingerprint density at radius 3 is 2.26 bits per heavy atom. The van der Waals surface area contributed by atoms with Crippen LogP contribution in [0.3, 0.4) is 0 Å². The van der Waals surface area contributed by atoms with E-state index < -0.39 is 11.9 Å². The summed E-state index contributed by atoms with van der Waals surface area (Å²) in [5.74, 6) is 0.0925. The number of fused-ring (bicyclic) bond motifs is 1. The van der Waals surface area contributed by atoms with Crippen LogP contribution >= 0.6 is 11.6 Å². The molecule has 0 spiro atoms. The van der Waals surface area contributed by atoms with Gasteiger partial charge in [0.1, 0.15) is 18.1 Å². The fourth-order valence-electron chi connectivity index (χ4n) is 3.90. The fourth-order valence-corrected chi connectivity index (χ4v) is 4.03. The largest absolute Gasteiger partial charge is 0.489 e. The fraction of sp³-hybridized carbons (Fsp3) is 0.0312. The normalized spacial score (nSPS) is 10.9. The topological polar surface area (TPSA) is 77.0 Å². The summed E-state index contributed by atoms with van der Waals surface area (Å²) in [5, 5.41) is 6.60. The zero-order valence-electron chi connectivity index (χ0n) is 20.7. The molecule has 0 unspecified atom stereocenters. The molecule has 0 heterocycles. The molecule has 7 heteroatoms. The van der Waals surface area contributed by atoms with Crippen molar-refractivity contribution in [1.29, 1.82) is 0 Å². The third-order valence-corrected chi connectivity index (χ3v) is 6.19. The molecule has 1 amide bonds. The smallest absolute Gasteiger partial charge is 0.343 e. The summed E-state index contributed by atoms with van der Waals surface area (Å²) in [6, 6.07) is 34.2. The number of nitrogens with one attached hydrogen (secondary N) is 1. The van der Waals surface area contributed by atoms with Gasteiger partial charge in [0, 0.05) is 16.1 Å². The van der Waals surface area contributed by atoms with Crippen molar-refractivity contribution in [2.75, 3.05) is 0 Å². The molecule has 1 N–H and O–H groups in total. The van der Waals surface area contributed by atoms with Crippen molar-refractivity contribution >= 4 is 40.5 Å². The monoisotopic (exact) mass is 534 g/mol. The van der Waals surface area contributed by atoms with Crippen molar-refractivity contribution < 1.29 is 19.1 Å². The van der Waals surface area contributed by atoms with Gasteiger partial charge in [-0.1, -0.05) is 72.3 Å². The number of halogens is 1. The predicted molar refractivity (Wildman–Crippen MR) is 153 cm³/mol. The molecule has 0 atom stereocenters. The maximum atomic E-state index is 12.7. The number of benzene rings is 5. The van der Waals surface area contributed by atoms with Gasteiger partial charge in [-0.05, 0) is 70.9 Å². The molecule has 5 aromatic carbocycles. The molecule has 0 saturated heterocycles. The number of rotatable bonds is 8. The molecule has 6 nitrogen and oxygen atoms in total. The first kappa shape index (κ1) is 25.7. The molecule has 0 bridgehead atoms. The van der Waals surface area contributed by atoms with Crippen LogP contribution in [0.15, 0.2) is 120 Å². The van der Waals surface area contributed by atoms with Crippen molar-refractivity contribution in [3.8, 4) is 11.5 Å². The molecular formula is C32H23ClN2O4. The lowest BCUT2D eigenvalue weighted by molar-refractivity contribution is 0.0734. The van der Waals surface area contributed by atoms with Crippen LogP contribution in [-0.4, -0.2) is 18.1 Å². The van der Waals surface area contributed by atoms with Crippen molar-refractivity contribution in [3.05, 3.63) is 143 Å². The standard InChI is InChI=1S/C32H23ClN2O4/c33-26-15-10-22(11-16-26)21-38-27-17-12-24(13-18-27)31(36)35-34-20-29-28-9-5-4-6-23(28)14-19-30(29)39-32(37)25-7-2-1-3-8-25/h1-20H,21H2,(H,35,36)/b34-20-. The van der Waals surface area contributed by atoms with Gasteiger partial charge >= 0.3 is 5.97 Å².